The number of thiophene rings is 1. The van der Waals surface area contributed by atoms with E-state index in [1.165, 1.54) is 10.4 Å². The van der Waals surface area contributed by atoms with Crippen LogP contribution in [0.15, 0.2) is 24.3 Å². The molecule has 1 fully saturated rings. The maximum Gasteiger partial charge on any atom is 0.160 e. The number of aromatic hydroxyl groups is 1. The molecule has 1 aromatic carbocycles. The average Bonchev–Trinajstić information content (AvgIpc) is 2.98. The molecular formula is C20H24ClNO3S. The second-order valence-corrected chi connectivity index (χ2v) is 8.87. The Labute approximate surface area is 163 Å². The van der Waals surface area contributed by atoms with E-state index in [0.29, 0.717) is 18.4 Å². The van der Waals surface area contributed by atoms with Gasteiger partial charge in [-0.2, -0.15) is 0 Å². The van der Waals surface area contributed by atoms with Crippen LogP contribution >= 0.6 is 22.9 Å². The molecule has 1 saturated heterocycles. The van der Waals surface area contributed by atoms with Gasteiger partial charge in [-0.15, -0.1) is 11.3 Å². The topological polar surface area (TPSA) is 50.7 Å². The monoisotopic (exact) mass is 393 g/mol. The van der Waals surface area contributed by atoms with Gasteiger partial charge in [-0.25, -0.2) is 0 Å². The smallest absolute Gasteiger partial charge is 0.160 e. The zero-order valence-electron chi connectivity index (χ0n) is 15.0. The average molecular weight is 394 g/mol. The van der Waals surface area contributed by atoms with Crippen LogP contribution in [-0.2, 0) is 16.8 Å². The second kappa shape index (κ2) is 7.04. The minimum absolute atomic E-state index is 0.104. The Kier molecular flexibility index (Phi) is 4.90. The minimum Gasteiger partial charge on any atom is -0.504 e. The van der Waals surface area contributed by atoms with Crippen molar-refractivity contribution in [2.75, 3.05) is 13.2 Å². The van der Waals surface area contributed by atoms with Gasteiger partial charge in [0.05, 0.1) is 17.6 Å². The van der Waals surface area contributed by atoms with Crippen molar-refractivity contribution in [2.24, 2.45) is 0 Å². The van der Waals surface area contributed by atoms with Crippen molar-refractivity contribution < 1.29 is 14.6 Å². The molecule has 26 heavy (non-hydrogen) atoms. The van der Waals surface area contributed by atoms with E-state index in [4.69, 9.17) is 21.1 Å². The standard InChI is InChI=1S/C20H24ClNO3S/c1-3-24-17-5-4-13(8-16(17)23)15-11-20(10-12(2)22-15)19-14(6-7-25-20)9-18(21)26-19/h4-5,8-9,12,15,22-23H,3,6-7,10-11H2,1-2H3/t12-,15-,20-/m0/s1. The lowest BCUT2D eigenvalue weighted by Crippen LogP contribution is -2.49. The summed E-state index contributed by atoms with van der Waals surface area (Å²) in [5.74, 6) is 0.707. The molecule has 4 nitrogen and oxygen atoms in total. The molecule has 2 N–H and O–H groups in total. The molecule has 3 heterocycles. The van der Waals surface area contributed by atoms with E-state index in [0.717, 1.165) is 35.8 Å². The van der Waals surface area contributed by atoms with Crippen molar-refractivity contribution >= 4 is 22.9 Å². The van der Waals surface area contributed by atoms with Crippen LogP contribution in [0, 0.1) is 0 Å². The van der Waals surface area contributed by atoms with Gasteiger partial charge < -0.3 is 19.9 Å². The Balaban J connectivity index is 1.67. The Morgan fingerprint density at radius 1 is 1.38 bits per heavy atom. The van der Waals surface area contributed by atoms with E-state index in [2.05, 4.69) is 18.3 Å². The van der Waals surface area contributed by atoms with Gasteiger partial charge in [0.2, 0.25) is 0 Å². The molecule has 3 atom stereocenters. The summed E-state index contributed by atoms with van der Waals surface area (Å²) in [6, 6.07) is 8.17. The predicted molar refractivity (Wildman–Crippen MR) is 105 cm³/mol. The van der Waals surface area contributed by atoms with Gasteiger partial charge in [0, 0.05) is 23.4 Å². The molecule has 0 unspecified atom stereocenters. The zero-order valence-corrected chi connectivity index (χ0v) is 16.6. The molecule has 0 saturated carbocycles. The molecule has 0 bridgehead atoms. The first-order valence-electron chi connectivity index (χ1n) is 9.15. The highest BCUT2D eigenvalue weighted by Crippen LogP contribution is 2.50. The lowest BCUT2D eigenvalue weighted by atomic mass is 9.78. The van der Waals surface area contributed by atoms with E-state index in [9.17, 15) is 5.11 Å². The van der Waals surface area contributed by atoms with Gasteiger partial charge in [0.15, 0.2) is 11.5 Å². The summed E-state index contributed by atoms with van der Waals surface area (Å²) in [6.45, 7) is 5.36. The van der Waals surface area contributed by atoms with Crippen LogP contribution in [-0.4, -0.2) is 24.4 Å². The van der Waals surface area contributed by atoms with Gasteiger partial charge in [-0.1, -0.05) is 17.7 Å². The summed E-state index contributed by atoms with van der Waals surface area (Å²) >= 11 is 7.96. The lowest BCUT2D eigenvalue weighted by Gasteiger charge is -2.46. The van der Waals surface area contributed by atoms with Crippen LogP contribution in [0.2, 0.25) is 4.34 Å². The highest BCUT2D eigenvalue weighted by molar-refractivity contribution is 7.16. The summed E-state index contributed by atoms with van der Waals surface area (Å²) in [5, 5.41) is 13.9. The molecule has 2 aliphatic rings. The molecule has 0 aliphatic carbocycles. The third-order valence-electron chi connectivity index (χ3n) is 5.28. The van der Waals surface area contributed by atoms with Gasteiger partial charge in [0.25, 0.3) is 0 Å². The molecule has 1 spiro atoms. The predicted octanol–water partition coefficient (Wildman–Crippen LogP) is 4.79. The van der Waals surface area contributed by atoms with Gasteiger partial charge in [-0.3, -0.25) is 0 Å². The van der Waals surface area contributed by atoms with E-state index >= 15 is 0 Å². The summed E-state index contributed by atoms with van der Waals surface area (Å²) in [7, 11) is 0. The first kappa shape index (κ1) is 18.1. The molecule has 140 valence electrons. The quantitative estimate of drug-likeness (QED) is 0.787. The number of ether oxygens (including phenoxy) is 2. The molecule has 1 aromatic heterocycles. The number of fused-ring (bicyclic) bond motifs is 2. The van der Waals surface area contributed by atoms with E-state index in [1.54, 1.807) is 17.4 Å². The number of phenolic OH excluding ortho intramolecular Hbond substituents is 1. The summed E-state index contributed by atoms with van der Waals surface area (Å²) in [6.07, 6.45) is 2.68. The number of hydrogen-bond donors (Lipinski definition) is 2. The number of phenols is 1. The molecular weight excluding hydrogens is 370 g/mol. The Morgan fingerprint density at radius 2 is 2.23 bits per heavy atom. The lowest BCUT2D eigenvalue weighted by molar-refractivity contribution is -0.0954. The van der Waals surface area contributed by atoms with Gasteiger partial charge in [-0.05, 0) is 56.0 Å². The van der Waals surface area contributed by atoms with Gasteiger partial charge >= 0.3 is 0 Å². The van der Waals surface area contributed by atoms with Crippen LogP contribution in [0.1, 0.15) is 48.7 Å². The summed E-state index contributed by atoms with van der Waals surface area (Å²) in [4.78, 5) is 1.28. The Bertz CT molecular complexity index is 808. The van der Waals surface area contributed by atoms with E-state index in [-0.39, 0.29) is 17.4 Å². The largest absolute Gasteiger partial charge is 0.504 e. The fourth-order valence-corrected chi connectivity index (χ4v) is 5.77. The van der Waals surface area contributed by atoms with Crippen molar-refractivity contribution in [3.05, 3.63) is 44.6 Å². The minimum atomic E-state index is -0.297. The maximum absolute atomic E-state index is 10.3. The van der Waals surface area contributed by atoms with Crippen molar-refractivity contribution in [3.63, 3.8) is 0 Å². The van der Waals surface area contributed by atoms with Crippen molar-refractivity contribution in [1.82, 2.24) is 5.32 Å². The first-order valence-corrected chi connectivity index (χ1v) is 10.3. The van der Waals surface area contributed by atoms with Crippen molar-refractivity contribution in [1.29, 1.82) is 0 Å². The number of nitrogens with one attached hydrogen (secondary N) is 1. The third-order valence-corrected chi connectivity index (χ3v) is 6.77. The maximum atomic E-state index is 10.3. The fourth-order valence-electron chi connectivity index (χ4n) is 4.30. The number of piperidine rings is 1. The molecule has 4 rings (SSSR count). The molecule has 0 amide bonds. The highest BCUT2D eigenvalue weighted by atomic mass is 35.5. The zero-order chi connectivity index (χ0) is 18.3. The fraction of sp³-hybridized carbons (Fsp3) is 0.500. The van der Waals surface area contributed by atoms with E-state index in [1.807, 2.05) is 19.1 Å². The van der Waals surface area contributed by atoms with Crippen LogP contribution in [0.4, 0.5) is 0 Å². The Morgan fingerprint density at radius 3 is 3.00 bits per heavy atom. The number of rotatable bonds is 3. The first-order chi connectivity index (χ1) is 12.5. The van der Waals surface area contributed by atoms with Crippen molar-refractivity contribution in [3.8, 4) is 11.5 Å². The molecule has 2 aromatic rings. The Hall–Kier alpha value is -1.27. The number of benzene rings is 1. The SMILES string of the molecule is CCOc1ccc([C@@H]2C[C@]3(C[C@H](C)N2)OCCc2cc(Cl)sc23)cc1O. The molecule has 2 aliphatic heterocycles. The molecule has 0 radical (unpaired) electrons. The van der Waals surface area contributed by atoms with Crippen LogP contribution in [0.25, 0.3) is 0 Å². The normalized spacial score (nSPS) is 28.1. The third kappa shape index (κ3) is 3.22. The van der Waals surface area contributed by atoms with Crippen LogP contribution in [0.3, 0.4) is 0 Å². The van der Waals surface area contributed by atoms with Crippen molar-refractivity contribution in [2.45, 2.75) is 50.8 Å². The van der Waals surface area contributed by atoms with Crippen LogP contribution in [0.5, 0.6) is 11.5 Å². The summed E-state index contributed by atoms with van der Waals surface area (Å²) < 4.78 is 12.7. The number of halogens is 1. The van der Waals surface area contributed by atoms with E-state index < -0.39 is 0 Å². The summed E-state index contributed by atoms with van der Waals surface area (Å²) in [5.41, 5.74) is 2.08. The molecule has 6 heteroatoms. The number of hydrogen-bond acceptors (Lipinski definition) is 5. The van der Waals surface area contributed by atoms with Gasteiger partial charge in [0.1, 0.15) is 5.60 Å². The van der Waals surface area contributed by atoms with Crippen LogP contribution < -0.4 is 10.1 Å². The second-order valence-electron chi connectivity index (χ2n) is 7.19. The highest BCUT2D eigenvalue weighted by Gasteiger charge is 2.46.